The number of aromatic nitrogens is 1. The summed E-state index contributed by atoms with van der Waals surface area (Å²) in [4.78, 5) is 16.8. The van der Waals surface area contributed by atoms with E-state index in [4.69, 9.17) is 9.15 Å². The molecule has 0 radical (unpaired) electrons. The van der Waals surface area contributed by atoms with Gasteiger partial charge in [0.15, 0.2) is 0 Å². The molecule has 33 heavy (non-hydrogen) atoms. The Labute approximate surface area is 193 Å². The summed E-state index contributed by atoms with van der Waals surface area (Å²) in [5.74, 6) is 0.818. The maximum Gasteiger partial charge on any atom is 0.408 e. The van der Waals surface area contributed by atoms with E-state index in [1.807, 2.05) is 51.2 Å². The third-order valence-corrected chi connectivity index (χ3v) is 6.20. The van der Waals surface area contributed by atoms with Crippen molar-refractivity contribution in [3.8, 4) is 22.5 Å². The van der Waals surface area contributed by atoms with Crippen LogP contribution in [0.4, 0.5) is 4.79 Å². The van der Waals surface area contributed by atoms with Gasteiger partial charge in [-0.05, 0) is 57.2 Å². The molecular weight excluding hydrogens is 412 g/mol. The molecule has 5 nitrogen and oxygen atoms in total. The summed E-state index contributed by atoms with van der Waals surface area (Å²) in [6, 6.07) is 20.5. The number of rotatable bonds is 4. The second-order valence-corrected chi connectivity index (χ2v) is 9.68. The van der Waals surface area contributed by atoms with Gasteiger partial charge in [-0.1, -0.05) is 54.6 Å². The van der Waals surface area contributed by atoms with E-state index in [1.165, 1.54) is 0 Å². The van der Waals surface area contributed by atoms with E-state index in [-0.39, 0.29) is 11.6 Å². The summed E-state index contributed by atoms with van der Waals surface area (Å²) in [5, 5.41) is 4.12. The van der Waals surface area contributed by atoms with Crippen LogP contribution in [0, 0.1) is 0 Å². The molecule has 2 heterocycles. The molecule has 0 bridgehead atoms. The number of alkyl carbamates (subject to hydrolysis) is 1. The number of pyridine rings is 1. The number of carbonyl (C=O) groups is 1. The van der Waals surface area contributed by atoms with Crippen molar-refractivity contribution in [1.82, 2.24) is 10.3 Å². The summed E-state index contributed by atoms with van der Waals surface area (Å²) in [6.45, 7) is 5.63. The Kier molecular flexibility index (Phi) is 5.20. The van der Waals surface area contributed by atoms with Crippen LogP contribution in [0.3, 0.4) is 0 Å². The van der Waals surface area contributed by atoms with Crippen LogP contribution >= 0.6 is 0 Å². The summed E-state index contributed by atoms with van der Waals surface area (Å²) >= 11 is 0. The predicted octanol–water partition coefficient (Wildman–Crippen LogP) is 7.07. The normalized spacial score (nSPS) is 15.1. The summed E-state index contributed by atoms with van der Waals surface area (Å²) in [6.07, 6.45) is 6.10. The average Bonchev–Trinajstić information content (AvgIpc) is 3.15. The van der Waals surface area contributed by atoms with Crippen LogP contribution in [0.1, 0.15) is 45.6 Å². The molecule has 168 valence electrons. The third kappa shape index (κ3) is 4.11. The Balaban J connectivity index is 1.50. The van der Waals surface area contributed by atoms with E-state index in [9.17, 15) is 4.79 Å². The zero-order valence-corrected chi connectivity index (χ0v) is 19.2. The van der Waals surface area contributed by atoms with Gasteiger partial charge < -0.3 is 14.5 Å². The fraction of sp³-hybridized carbons (Fsp3) is 0.286. The number of hydrogen-bond acceptors (Lipinski definition) is 4. The number of benzene rings is 2. The molecule has 0 aliphatic heterocycles. The van der Waals surface area contributed by atoms with Gasteiger partial charge in [0.05, 0.1) is 5.54 Å². The van der Waals surface area contributed by atoms with Crippen molar-refractivity contribution in [2.24, 2.45) is 0 Å². The highest BCUT2D eigenvalue weighted by Crippen LogP contribution is 2.44. The molecule has 0 saturated heterocycles. The Morgan fingerprint density at radius 1 is 1.00 bits per heavy atom. The summed E-state index contributed by atoms with van der Waals surface area (Å²) in [7, 11) is 0. The average molecular weight is 441 g/mol. The SMILES string of the molecule is CC(C)(C)OC(=O)NC1(c2ccc(-c3oc4ccncc4c3-c3ccccc3)cc2)CCC1. The quantitative estimate of drug-likeness (QED) is 0.369. The van der Waals surface area contributed by atoms with Crippen molar-refractivity contribution < 1.29 is 13.9 Å². The van der Waals surface area contributed by atoms with Crippen LogP contribution < -0.4 is 5.32 Å². The lowest BCUT2D eigenvalue weighted by atomic mass is 9.71. The molecule has 0 unspecified atom stereocenters. The van der Waals surface area contributed by atoms with Crippen LogP contribution in [0.25, 0.3) is 33.4 Å². The highest BCUT2D eigenvalue weighted by molar-refractivity contribution is 6.01. The first-order valence-electron chi connectivity index (χ1n) is 11.4. The van der Waals surface area contributed by atoms with Crippen LogP contribution in [0.2, 0.25) is 0 Å². The van der Waals surface area contributed by atoms with Crippen molar-refractivity contribution in [2.45, 2.75) is 51.2 Å². The van der Waals surface area contributed by atoms with E-state index >= 15 is 0 Å². The molecule has 5 heteroatoms. The second kappa shape index (κ2) is 8.07. The van der Waals surface area contributed by atoms with E-state index in [0.29, 0.717) is 0 Å². The first-order chi connectivity index (χ1) is 15.8. The highest BCUT2D eigenvalue weighted by Gasteiger charge is 2.41. The molecule has 1 aliphatic carbocycles. The largest absolute Gasteiger partial charge is 0.455 e. The van der Waals surface area contributed by atoms with Crippen molar-refractivity contribution in [3.05, 3.63) is 78.6 Å². The van der Waals surface area contributed by atoms with Crippen LogP contribution in [0.5, 0.6) is 0 Å². The monoisotopic (exact) mass is 440 g/mol. The third-order valence-electron chi connectivity index (χ3n) is 6.20. The number of hydrogen-bond donors (Lipinski definition) is 1. The zero-order chi connectivity index (χ0) is 23.1. The molecule has 0 atom stereocenters. The molecule has 1 N–H and O–H groups in total. The Hall–Kier alpha value is -3.60. The number of carbonyl (C=O) groups excluding carboxylic acids is 1. The number of furan rings is 1. The number of fused-ring (bicyclic) bond motifs is 1. The fourth-order valence-electron chi connectivity index (χ4n) is 4.49. The van der Waals surface area contributed by atoms with E-state index in [2.05, 4.69) is 46.7 Å². The molecule has 0 spiro atoms. The Morgan fingerprint density at radius 3 is 2.36 bits per heavy atom. The van der Waals surface area contributed by atoms with Gasteiger partial charge in [-0.15, -0.1) is 0 Å². The number of nitrogens with zero attached hydrogens (tertiary/aromatic N) is 1. The first kappa shape index (κ1) is 21.3. The van der Waals surface area contributed by atoms with Gasteiger partial charge in [0.25, 0.3) is 0 Å². The van der Waals surface area contributed by atoms with Gasteiger partial charge in [0, 0.05) is 28.9 Å². The Morgan fingerprint density at radius 2 is 1.73 bits per heavy atom. The molecule has 5 rings (SSSR count). The molecule has 2 aromatic heterocycles. The minimum Gasteiger partial charge on any atom is -0.455 e. The summed E-state index contributed by atoms with van der Waals surface area (Å²) in [5.41, 5.74) is 4.11. The molecule has 1 saturated carbocycles. The molecule has 1 amide bonds. The molecule has 4 aromatic rings. The number of ether oxygens (including phenoxy) is 1. The lowest BCUT2D eigenvalue weighted by molar-refractivity contribution is 0.0377. The second-order valence-electron chi connectivity index (χ2n) is 9.68. The topological polar surface area (TPSA) is 64.4 Å². The minimum atomic E-state index is -0.525. The Bertz CT molecular complexity index is 1280. The first-order valence-corrected chi connectivity index (χ1v) is 11.4. The predicted molar refractivity (Wildman–Crippen MR) is 130 cm³/mol. The van der Waals surface area contributed by atoms with Crippen molar-refractivity contribution in [2.75, 3.05) is 0 Å². The van der Waals surface area contributed by atoms with Gasteiger partial charge in [0.2, 0.25) is 0 Å². The van der Waals surface area contributed by atoms with Crippen molar-refractivity contribution in [1.29, 1.82) is 0 Å². The number of nitrogens with one attached hydrogen (secondary N) is 1. The van der Waals surface area contributed by atoms with E-state index in [0.717, 1.165) is 58.2 Å². The minimum absolute atomic E-state index is 0.373. The fourth-order valence-corrected chi connectivity index (χ4v) is 4.49. The van der Waals surface area contributed by atoms with Gasteiger partial charge >= 0.3 is 6.09 Å². The molecular formula is C28H28N2O3. The lowest BCUT2D eigenvalue weighted by Gasteiger charge is -2.43. The smallest absolute Gasteiger partial charge is 0.408 e. The van der Waals surface area contributed by atoms with E-state index < -0.39 is 5.60 Å². The van der Waals surface area contributed by atoms with Crippen molar-refractivity contribution in [3.63, 3.8) is 0 Å². The number of amides is 1. The molecule has 1 aliphatic rings. The van der Waals surface area contributed by atoms with Crippen LogP contribution in [0.15, 0.2) is 77.5 Å². The zero-order valence-electron chi connectivity index (χ0n) is 19.2. The maximum absolute atomic E-state index is 12.5. The lowest BCUT2D eigenvalue weighted by Crippen LogP contribution is -2.52. The van der Waals surface area contributed by atoms with Gasteiger partial charge in [-0.2, -0.15) is 0 Å². The van der Waals surface area contributed by atoms with Gasteiger partial charge in [-0.3, -0.25) is 4.98 Å². The highest BCUT2D eigenvalue weighted by atomic mass is 16.6. The van der Waals surface area contributed by atoms with Gasteiger partial charge in [0.1, 0.15) is 16.9 Å². The van der Waals surface area contributed by atoms with Crippen LogP contribution in [-0.2, 0) is 10.3 Å². The van der Waals surface area contributed by atoms with E-state index in [1.54, 1.807) is 6.20 Å². The van der Waals surface area contributed by atoms with Crippen LogP contribution in [-0.4, -0.2) is 16.7 Å². The standard InChI is InChI=1S/C28H28N2O3/c1-27(2,3)33-26(31)30-28(15-7-16-28)21-12-10-20(11-13-21)25-24(19-8-5-4-6-9-19)22-18-29-17-14-23(22)32-25/h4-6,8-14,17-18H,7,15-16H2,1-3H3,(H,30,31). The van der Waals surface area contributed by atoms with Gasteiger partial charge in [-0.25, -0.2) is 4.79 Å². The molecule has 1 fully saturated rings. The van der Waals surface area contributed by atoms with Crippen molar-refractivity contribution >= 4 is 17.1 Å². The summed E-state index contributed by atoms with van der Waals surface area (Å²) < 4.78 is 11.8. The molecule has 2 aromatic carbocycles. The maximum atomic E-state index is 12.5.